The van der Waals surface area contributed by atoms with Gasteiger partial charge < -0.3 is 10.6 Å². The van der Waals surface area contributed by atoms with Gasteiger partial charge >= 0.3 is 0 Å². The predicted molar refractivity (Wildman–Crippen MR) is 140 cm³/mol. The molecule has 0 amide bonds. The molecule has 1 aliphatic heterocycles. The lowest BCUT2D eigenvalue weighted by Gasteiger charge is -2.16. The van der Waals surface area contributed by atoms with Crippen LogP contribution in [0.1, 0.15) is 73.1 Å². The molecule has 1 heterocycles. The van der Waals surface area contributed by atoms with Gasteiger partial charge in [0, 0.05) is 24.5 Å². The van der Waals surface area contributed by atoms with E-state index in [0.29, 0.717) is 12.5 Å². The number of halogens is 1. The van der Waals surface area contributed by atoms with Crippen LogP contribution in [-0.4, -0.2) is 25.8 Å². The van der Waals surface area contributed by atoms with Crippen LogP contribution in [0.5, 0.6) is 0 Å². The van der Waals surface area contributed by atoms with Crippen molar-refractivity contribution >= 4 is 6.21 Å². The van der Waals surface area contributed by atoms with Gasteiger partial charge in [0.1, 0.15) is 5.83 Å². The molecule has 0 fully saturated rings. The average Bonchev–Trinajstić information content (AvgIpc) is 3.13. The van der Waals surface area contributed by atoms with Gasteiger partial charge in [-0.25, -0.2) is 4.39 Å². The first kappa shape index (κ1) is 27.7. The minimum absolute atomic E-state index is 0.167. The van der Waals surface area contributed by atoms with Crippen molar-refractivity contribution in [2.45, 2.75) is 73.1 Å². The van der Waals surface area contributed by atoms with Gasteiger partial charge in [-0.05, 0) is 87.2 Å². The zero-order valence-electron chi connectivity index (χ0n) is 21.0. The summed E-state index contributed by atoms with van der Waals surface area (Å²) in [6.45, 7) is 21.5. The summed E-state index contributed by atoms with van der Waals surface area (Å²) in [4.78, 5) is 3.67. The Morgan fingerprint density at radius 3 is 2.44 bits per heavy atom. The molecule has 1 atom stereocenters. The number of nitrogens with zero attached hydrogens (tertiary/aromatic N) is 1. The number of unbranched alkanes of at least 4 members (excludes halogenated alkanes) is 1. The molecule has 4 heteroatoms. The molecule has 0 aromatic carbocycles. The molecule has 0 radical (unpaired) electrons. The van der Waals surface area contributed by atoms with E-state index in [1.54, 1.807) is 6.92 Å². The van der Waals surface area contributed by atoms with Crippen LogP contribution in [0, 0.1) is 5.92 Å². The van der Waals surface area contributed by atoms with Crippen molar-refractivity contribution in [2.75, 3.05) is 19.6 Å². The van der Waals surface area contributed by atoms with Gasteiger partial charge in [-0.3, -0.25) is 4.99 Å². The van der Waals surface area contributed by atoms with Gasteiger partial charge in [0.25, 0.3) is 0 Å². The second-order valence-corrected chi connectivity index (χ2v) is 8.83. The topological polar surface area (TPSA) is 36.4 Å². The molecule has 0 saturated heterocycles. The molecule has 178 valence electrons. The zero-order chi connectivity index (χ0) is 23.9. The summed E-state index contributed by atoms with van der Waals surface area (Å²) in [5.74, 6) is 0.409. The van der Waals surface area contributed by atoms with Crippen LogP contribution in [0.15, 0.2) is 75.9 Å². The summed E-state index contributed by atoms with van der Waals surface area (Å²) >= 11 is 0. The third-order valence-corrected chi connectivity index (χ3v) is 5.80. The maximum absolute atomic E-state index is 12.0. The summed E-state index contributed by atoms with van der Waals surface area (Å²) in [5, 5.41) is 6.98. The summed E-state index contributed by atoms with van der Waals surface area (Å²) in [6, 6.07) is 0. The Morgan fingerprint density at radius 1 is 1.22 bits per heavy atom. The fourth-order valence-electron chi connectivity index (χ4n) is 3.61. The number of hydrogen-bond acceptors (Lipinski definition) is 3. The van der Waals surface area contributed by atoms with E-state index in [1.807, 2.05) is 0 Å². The SMILES string of the molecule is C=C(/C=C(\C)NCCCCNC(=C)C(C)CCC)C1=C(C)C=CCC1.CC1=C(F)C=NC1. The van der Waals surface area contributed by atoms with Crippen molar-refractivity contribution in [1.82, 2.24) is 10.6 Å². The summed E-state index contributed by atoms with van der Waals surface area (Å²) in [5.41, 5.74) is 7.02. The smallest absolute Gasteiger partial charge is 0.141 e. The largest absolute Gasteiger partial charge is 0.389 e. The third-order valence-electron chi connectivity index (χ3n) is 5.80. The first-order valence-corrected chi connectivity index (χ1v) is 12.0. The van der Waals surface area contributed by atoms with E-state index < -0.39 is 0 Å². The van der Waals surface area contributed by atoms with E-state index in [9.17, 15) is 4.39 Å². The van der Waals surface area contributed by atoms with Crippen molar-refractivity contribution in [3.05, 3.63) is 70.9 Å². The maximum atomic E-state index is 12.0. The number of aliphatic imine (C=N–C) groups is 1. The zero-order valence-corrected chi connectivity index (χ0v) is 21.0. The Hall–Kier alpha value is -2.36. The van der Waals surface area contributed by atoms with Crippen LogP contribution in [0.2, 0.25) is 0 Å². The van der Waals surface area contributed by atoms with Gasteiger partial charge in [-0.1, -0.05) is 45.6 Å². The normalized spacial score (nSPS) is 16.6. The highest BCUT2D eigenvalue weighted by Gasteiger charge is 2.07. The van der Waals surface area contributed by atoms with Crippen LogP contribution in [0.25, 0.3) is 0 Å². The summed E-state index contributed by atoms with van der Waals surface area (Å²) in [7, 11) is 0. The van der Waals surface area contributed by atoms with Crippen molar-refractivity contribution < 1.29 is 4.39 Å². The van der Waals surface area contributed by atoms with Crippen LogP contribution in [0.4, 0.5) is 4.39 Å². The minimum Gasteiger partial charge on any atom is -0.389 e. The van der Waals surface area contributed by atoms with Crippen LogP contribution in [-0.2, 0) is 0 Å². The van der Waals surface area contributed by atoms with Crippen molar-refractivity contribution in [1.29, 1.82) is 0 Å². The van der Waals surface area contributed by atoms with E-state index >= 15 is 0 Å². The number of allylic oxidation sites excluding steroid dienone is 9. The fraction of sp³-hybridized carbons (Fsp3) is 0.536. The molecule has 0 spiro atoms. The second kappa shape index (κ2) is 15.4. The number of nitrogens with one attached hydrogen (secondary N) is 2. The Morgan fingerprint density at radius 2 is 1.91 bits per heavy atom. The van der Waals surface area contributed by atoms with Gasteiger partial charge in [-0.2, -0.15) is 0 Å². The highest BCUT2D eigenvalue weighted by Crippen LogP contribution is 2.25. The maximum Gasteiger partial charge on any atom is 0.141 e. The molecule has 1 unspecified atom stereocenters. The van der Waals surface area contributed by atoms with E-state index in [2.05, 4.69) is 74.7 Å². The lowest BCUT2D eigenvalue weighted by atomic mass is 9.92. The minimum atomic E-state index is -0.167. The molecule has 0 saturated carbocycles. The number of rotatable bonds is 12. The standard InChI is InChI=1S/C23H38N2.C5H6FN/c1-7-12-18(2)22(6)25-16-11-10-15-24-21(5)17-20(4)23-14-9-8-13-19(23)3;1-4-2-7-3-5(4)6/h8,13,17-18,24-25H,4,6-7,9-12,14-16H2,1-3,5H3;3H,2H2,1H3/b21-17+;. The molecule has 0 bridgehead atoms. The fourth-order valence-corrected chi connectivity index (χ4v) is 3.61. The average molecular weight is 442 g/mol. The van der Waals surface area contributed by atoms with Gasteiger partial charge in [-0.15, -0.1) is 0 Å². The Balaban J connectivity index is 0.000000616. The van der Waals surface area contributed by atoms with Gasteiger partial charge in [0.05, 0.1) is 12.8 Å². The quantitative estimate of drug-likeness (QED) is 0.245. The molecule has 0 aromatic rings. The predicted octanol–water partition coefficient (Wildman–Crippen LogP) is 7.34. The van der Waals surface area contributed by atoms with Crippen molar-refractivity contribution in [3.8, 4) is 0 Å². The van der Waals surface area contributed by atoms with Crippen LogP contribution < -0.4 is 10.6 Å². The second-order valence-electron chi connectivity index (χ2n) is 8.83. The highest BCUT2D eigenvalue weighted by molar-refractivity contribution is 5.79. The molecule has 1 aliphatic carbocycles. The summed E-state index contributed by atoms with van der Waals surface area (Å²) in [6.07, 6.45) is 14.9. The molecule has 32 heavy (non-hydrogen) atoms. The Labute approximate surface area is 196 Å². The summed E-state index contributed by atoms with van der Waals surface area (Å²) < 4.78 is 12.0. The first-order chi connectivity index (χ1) is 15.3. The van der Waals surface area contributed by atoms with Gasteiger partial charge in [0.2, 0.25) is 0 Å². The van der Waals surface area contributed by atoms with Gasteiger partial charge in [0.15, 0.2) is 0 Å². The first-order valence-electron chi connectivity index (χ1n) is 12.0. The molecule has 3 nitrogen and oxygen atoms in total. The van der Waals surface area contributed by atoms with E-state index in [4.69, 9.17) is 0 Å². The van der Waals surface area contributed by atoms with Crippen LogP contribution >= 0.6 is 0 Å². The highest BCUT2D eigenvalue weighted by atomic mass is 19.1. The molecule has 2 N–H and O–H groups in total. The Kier molecular flexibility index (Phi) is 13.4. The van der Waals surface area contributed by atoms with Crippen LogP contribution in [0.3, 0.4) is 0 Å². The Bertz CT molecular complexity index is 780. The lowest BCUT2D eigenvalue weighted by molar-refractivity contribution is 0.542. The van der Waals surface area contributed by atoms with E-state index in [-0.39, 0.29) is 5.83 Å². The molecular weight excluding hydrogens is 397 g/mol. The molecule has 0 aromatic heterocycles. The monoisotopic (exact) mass is 441 g/mol. The molecular formula is C28H44FN3. The third kappa shape index (κ3) is 10.8. The van der Waals surface area contributed by atoms with E-state index in [1.165, 1.54) is 41.6 Å². The molecule has 2 aliphatic rings. The lowest BCUT2D eigenvalue weighted by Crippen LogP contribution is -2.20. The van der Waals surface area contributed by atoms with E-state index in [0.717, 1.165) is 49.9 Å². The van der Waals surface area contributed by atoms with Crippen molar-refractivity contribution in [3.63, 3.8) is 0 Å². The number of hydrogen-bond donors (Lipinski definition) is 2. The van der Waals surface area contributed by atoms with Crippen molar-refractivity contribution in [2.24, 2.45) is 10.9 Å². The molecule has 2 rings (SSSR count).